The van der Waals surface area contributed by atoms with Crippen molar-refractivity contribution in [2.75, 3.05) is 26.2 Å². The lowest BCUT2D eigenvalue weighted by Gasteiger charge is -2.31. The SMILES string of the molecule is CCOC(=O)N1CCC(NC(=O)CCN2C(=O)NC3(CCCCC3)C2=O)CC1. The molecule has 2 aliphatic heterocycles. The van der Waals surface area contributed by atoms with E-state index in [-0.39, 0.29) is 42.9 Å². The molecule has 2 saturated heterocycles. The average molecular weight is 394 g/mol. The van der Waals surface area contributed by atoms with Gasteiger partial charge in [-0.15, -0.1) is 0 Å². The minimum atomic E-state index is -0.744. The summed E-state index contributed by atoms with van der Waals surface area (Å²) in [7, 11) is 0. The Morgan fingerprint density at radius 1 is 1.18 bits per heavy atom. The van der Waals surface area contributed by atoms with E-state index in [1.165, 1.54) is 4.90 Å². The van der Waals surface area contributed by atoms with Gasteiger partial charge in [-0.3, -0.25) is 14.5 Å². The van der Waals surface area contributed by atoms with E-state index in [9.17, 15) is 19.2 Å². The number of carbonyl (C=O) groups is 4. The van der Waals surface area contributed by atoms with Crippen LogP contribution in [0.2, 0.25) is 0 Å². The largest absolute Gasteiger partial charge is 0.450 e. The first-order valence-corrected chi connectivity index (χ1v) is 10.3. The summed E-state index contributed by atoms with van der Waals surface area (Å²) in [6.45, 7) is 3.30. The third kappa shape index (κ3) is 4.39. The van der Waals surface area contributed by atoms with Crippen LogP contribution in [-0.2, 0) is 14.3 Å². The monoisotopic (exact) mass is 394 g/mol. The van der Waals surface area contributed by atoms with E-state index < -0.39 is 5.54 Å². The third-order valence-electron chi connectivity index (χ3n) is 5.90. The van der Waals surface area contributed by atoms with E-state index in [4.69, 9.17) is 4.74 Å². The smallest absolute Gasteiger partial charge is 0.409 e. The van der Waals surface area contributed by atoms with Crippen molar-refractivity contribution in [1.29, 1.82) is 0 Å². The van der Waals surface area contributed by atoms with Crippen LogP contribution in [0.1, 0.15) is 58.3 Å². The molecule has 156 valence electrons. The molecule has 0 atom stereocenters. The maximum atomic E-state index is 12.7. The van der Waals surface area contributed by atoms with E-state index in [1.54, 1.807) is 11.8 Å². The van der Waals surface area contributed by atoms with Crippen LogP contribution in [0.25, 0.3) is 0 Å². The fraction of sp³-hybridized carbons (Fsp3) is 0.789. The fourth-order valence-electron chi connectivity index (χ4n) is 4.31. The molecule has 28 heavy (non-hydrogen) atoms. The summed E-state index contributed by atoms with van der Waals surface area (Å²) in [6, 6.07) is -0.395. The highest BCUT2D eigenvalue weighted by atomic mass is 16.6. The number of rotatable bonds is 5. The number of likely N-dealkylation sites (tertiary alicyclic amines) is 1. The van der Waals surface area contributed by atoms with Crippen molar-refractivity contribution in [3.05, 3.63) is 0 Å². The molecule has 5 amide bonds. The number of hydrogen-bond acceptors (Lipinski definition) is 5. The maximum absolute atomic E-state index is 12.7. The Balaban J connectivity index is 1.42. The van der Waals surface area contributed by atoms with E-state index in [2.05, 4.69) is 10.6 Å². The normalized spacial score (nSPS) is 22.3. The minimum Gasteiger partial charge on any atom is -0.450 e. The van der Waals surface area contributed by atoms with Crippen molar-refractivity contribution < 1.29 is 23.9 Å². The van der Waals surface area contributed by atoms with Crippen LogP contribution in [0.4, 0.5) is 9.59 Å². The first-order valence-electron chi connectivity index (χ1n) is 10.3. The highest BCUT2D eigenvalue weighted by Crippen LogP contribution is 2.33. The Labute approximate surface area is 165 Å². The Bertz CT molecular complexity index is 624. The molecule has 0 unspecified atom stereocenters. The van der Waals surface area contributed by atoms with Crippen molar-refractivity contribution >= 4 is 23.9 Å². The zero-order chi connectivity index (χ0) is 20.1. The molecule has 0 aromatic rings. The quantitative estimate of drug-likeness (QED) is 0.685. The van der Waals surface area contributed by atoms with Crippen molar-refractivity contribution in [3.63, 3.8) is 0 Å². The molecule has 0 aromatic heterocycles. The van der Waals surface area contributed by atoms with Crippen LogP contribution in [0.5, 0.6) is 0 Å². The lowest BCUT2D eigenvalue weighted by molar-refractivity contribution is -0.132. The topological polar surface area (TPSA) is 108 Å². The first kappa shape index (κ1) is 20.4. The molecule has 1 saturated carbocycles. The molecule has 3 rings (SSSR count). The van der Waals surface area contributed by atoms with Crippen LogP contribution < -0.4 is 10.6 Å². The summed E-state index contributed by atoms with van der Waals surface area (Å²) in [5.41, 5.74) is -0.744. The molecule has 9 nitrogen and oxygen atoms in total. The number of nitrogens with zero attached hydrogens (tertiary/aromatic N) is 2. The zero-order valence-electron chi connectivity index (χ0n) is 16.5. The van der Waals surface area contributed by atoms with Crippen molar-refractivity contribution in [2.45, 2.75) is 69.9 Å². The van der Waals surface area contributed by atoms with Crippen molar-refractivity contribution in [2.24, 2.45) is 0 Å². The van der Waals surface area contributed by atoms with Gasteiger partial charge in [-0.25, -0.2) is 9.59 Å². The van der Waals surface area contributed by atoms with Gasteiger partial charge in [-0.2, -0.15) is 0 Å². The van der Waals surface area contributed by atoms with Crippen molar-refractivity contribution in [3.8, 4) is 0 Å². The van der Waals surface area contributed by atoms with E-state index in [0.717, 1.165) is 19.3 Å². The molecule has 3 aliphatic rings. The number of carbonyl (C=O) groups excluding carboxylic acids is 4. The maximum Gasteiger partial charge on any atom is 0.409 e. The summed E-state index contributed by atoms with van der Waals surface area (Å²) in [5, 5.41) is 5.80. The molecule has 1 spiro atoms. The number of piperidine rings is 1. The fourth-order valence-corrected chi connectivity index (χ4v) is 4.31. The van der Waals surface area contributed by atoms with Gasteiger partial charge in [0.15, 0.2) is 0 Å². The van der Waals surface area contributed by atoms with Crippen LogP contribution in [0.15, 0.2) is 0 Å². The summed E-state index contributed by atoms with van der Waals surface area (Å²) >= 11 is 0. The second kappa shape index (κ2) is 8.79. The molecular formula is C19H30N4O5. The van der Waals surface area contributed by atoms with Crippen LogP contribution in [0.3, 0.4) is 0 Å². The minimum absolute atomic E-state index is 0.00836. The van der Waals surface area contributed by atoms with E-state index >= 15 is 0 Å². The summed E-state index contributed by atoms with van der Waals surface area (Å²) in [6.07, 6.45) is 5.42. The van der Waals surface area contributed by atoms with Crippen LogP contribution in [-0.4, -0.2) is 71.6 Å². The number of imide groups is 1. The summed E-state index contributed by atoms with van der Waals surface area (Å²) in [4.78, 5) is 51.8. The Kier molecular flexibility index (Phi) is 6.41. The van der Waals surface area contributed by atoms with Crippen LogP contribution in [0, 0.1) is 0 Å². The van der Waals surface area contributed by atoms with Gasteiger partial charge in [0.05, 0.1) is 6.61 Å². The molecule has 1 aliphatic carbocycles. The number of nitrogens with one attached hydrogen (secondary N) is 2. The van der Waals surface area contributed by atoms with Gasteiger partial charge >= 0.3 is 12.1 Å². The Morgan fingerprint density at radius 3 is 2.50 bits per heavy atom. The highest BCUT2D eigenvalue weighted by Gasteiger charge is 2.51. The molecule has 3 fully saturated rings. The molecule has 0 aromatic carbocycles. The van der Waals surface area contributed by atoms with Gasteiger partial charge in [-0.1, -0.05) is 19.3 Å². The second-order valence-corrected chi connectivity index (χ2v) is 7.81. The zero-order valence-corrected chi connectivity index (χ0v) is 16.5. The average Bonchev–Trinajstić information content (AvgIpc) is 2.91. The Hall–Kier alpha value is -2.32. The second-order valence-electron chi connectivity index (χ2n) is 7.81. The van der Waals surface area contributed by atoms with Gasteiger partial charge in [0.25, 0.3) is 5.91 Å². The van der Waals surface area contributed by atoms with Gasteiger partial charge < -0.3 is 20.3 Å². The first-order chi connectivity index (χ1) is 13.4. The third-order valence-corrected chi connectivity index (χ3v) is 5.90. The van der Waals surface area contributed by atoms with Crippen LogP contribution >= 0.6 is 0 Å². The number of ether oxygens (including phenoxy) is 1. The van der Waals surface area contributed by atoms with E-state index in [0.29, 0.717) is 45.4 Å². The summed E-state index contributed by atoms with van der Waals surface area (Å²) < 4.78 is 4.99. The van der Waals surface area contributed by atoms with E-state index in [1.807, 2.05) is 0 Å². The molecule has 2 heterocycles. The number of amides is 5. The standard InChI is InChI=1S/C19H30N4O5/c1-2-28-18(27)22-11-6-14(7-12-22)20-15(24)8-13-23-16(25)19(21-17(23)26)9-4-3-5-10-19/h14H,2-13H2,1H3,(H,20,24)(H,21,26). The predicted octanol–water partition coefficient (Wildman–Crippen LogP) is 1.37. The number of hydrogen-bond donors (Lipinski definition) is 2. The van der Waals surface area contributed by atoms with Gasteiger partial charge in [0, 0.05) is 32.1 Å². The predicted molar refractivity (Wildman–Crippen MR) is 100 cm³/mol. The molecule has 9 heteroatoms. The molecule has 0 radical (unpaired) electrons. The van der Waals surface area contributed by atoms with Gasteiger partial charge in [0.1, 0.15) is 5.54 Å². The summed E-state index contributed by atoms with van der Waals surface area (Å²) in [5.74, 6) is -0.368. The molecular weight excluding hydrogens is 364 g/mol. The Morgan fingerprint density at radius 2 is 1.86 bits per heavy atom. The highest BCUT2D eigenvalue weighted by molar-refractivity contribution is 6.07. The lowest BCUT2D eigenvalue weighted by Crippen LogP contribution is -2.48. The van der Waals surface area contributed by atoms with Crippen molar-refractivity contribution in [1.82, 2.24) is 20.4 Å². The van der Waals surface area contributed by atoms with Gasteiger partial charge in [0.2, 0.25) is 5.91 Å². The molecule has 2 N–H and O–H groups in total. The lowest BCUT2D eigenvalue weighted by atomic mass is 9.82. The number of urea groups is 1. The molecule has 0 bridgehead atoms. The van der Waals surface area contributed by atoms with Gasteiger partial charge in [-0.05, 0) is 32.6 Å².